The number of amides is 1. The summed E-state index contributed by atoms with van der Waals surface area (Å²) in [6, 6.07) is 14.9. The van der Waals surface area contributed by atoms with Gasteiger partial charge < -0.3 is 5.32 Å². The first-order valence-corrected chi connectivity index (χ1v) is 10.0. The molecule has 1 atom stereocenters. The van der Waals surface area contributed by atoms with E-state index in [1.807, 2.05) is 51.1 Å². The van der Waals surface area contributed by atoms with Gasteiger partial charge in [0.1, 0.15) is 0 Å². The number of rotatable bonds is 7. The summed E-state index contributed by atoms with van der Waals surface area (Å²) >= 11 is 0. The van der Waals surface area contributed by atoms with Gasteiger partial charge >= 0.3 is 0 Å². The van der Waals surface area contributed by atoms with E-state index in [2.05, 4.69) is 5.32 Å². The summed E-state index contributed by atoms with van der Waals surface area (Å²) in [4.78, 5) is 12.4. The van der Waals surface area contributed by atoms with Crippen LogP contribution in [0.5, 0.6) is 0 Å². The van der Waals surface area contributed by atoms with Crippen molar-refractivity contribution >= 4 is 15.9 Å². The average Bonchev–Trinajstić information content (AvgIpc) is 2.62. The number of nitrogens with zero attached hydrogens (tertiary/aromatic N) is 1. The Morgan fingerprint density at radius 1 is 1.08 bits per heavy atom. The molecule has 2 rings (SSSR count). The quantitative estimate of drug-likeness (QED) is 0.810. The van der Waals surface area contributed by atoms with Gasteiger partial charge in [-0.2, -0.15) is 4.31 Å². The van der Waals surface area contributed by atoms with E-state index in [-0.39, 0.29) is 23.3 Å². The number of carbonyl (C=O) groups excluding carboxylic acids is 1. The summed E-state index contributed by atoms with van der Waals surface area (Å²) < 4.78 is 26.4. The standard InChI is InChI=1S/C20H26N2O3S/c1-15-10-11-19(12-16(15)2)26(24,25)22(4)14-20(23)21-13-17(3)18-8-6-5-7-9-18/h5-12,17H,13-14H2,1-4H3,(H,21,23). The first-order chi connectivity index (χ1) is 12.2. The molecule has 0 aliphatic rings. The molecule has 2 aromatic carbocycles. The van der Waals surface area contributed by atoms with Crippen LogP contribution < -0.4 is 5.32 Å². The summed E-state index contributed by atoms with van der Waals surface area (Å²) in [6.07, 6.45) is 0. The van der Waals surface area contributed by atoms with Crippen molar-refractivity contribution in [2.75, 3.05) is 20.1 Å². The number of hydrogen-bond acceptors (Lipinski definition) is 3. The van der Waals surface area contributed by atoms with Crippen molar-refractivity contribution in [3.63, 3.8) is 0 Å². The molecule has 140 valence electrons. The van der Waals surface area contributed by atoms with E-state index in [9.17, 15) is 13.2 Å². The molecule has 26 heavy (non-hydrogen) atoms. The number of likely N-dealkylation sites (N-methyl/N-ethyl adjacent to an activating group) is 1. The maximum Gasteiger partial charge on any atom is 0.243 e. The van der Waals surface area contributed by atoms with Gasteiger partial charge in [0.2, 0.25) is 15.9 Å². The third-order valence-corrected chi connectivity index (χ3v) is 6.33. The van der Waals surface area contributed by atoms with Crippen LogP contribution in [0.1, 0.15) is 29.5 Å². The van der Waals surface area contributed by atoms with Crippen LogP contribution in [0.2, 0.25) is 0 Å². The Hall–Kier alpha value is -2.18. The SMILES string of the molecule is Cc1ccc(S(=O)(=O)N(C)CC(=O)NCC(C)c2ccccc2)cc1C. The van der Waals surface area contributed by atoms with E-state index in [1.54, 1.807) is 18.2 Å². The van der Waals surface area contributed by atoms with E-state index < -0.39 is 10.0 Å². The summed E-state index contributed by atoms with van der Waals surface area (Å²) in [5.74, 6) is -0.162. The van der Waals surface area contributed by atoms with E-state index >= 15 is 0 Å². The summed E-state index contributed by atoms with van der Waals surface area (Å²) in [6.45, 7) is 6.06. The molecule has 6 heteroatoms. The number of benzene rings is 2. The van der Waals surface area contributed by atoms with Crippen LogP contribution in [-0.4, -0.2) is 38.8 Å². The molecule has 0 fully saturated rings. The smallest absolute Gasteiger partial charge is 0.243 e. The molecule has 0 aliphatic heterocycles. The molecule has 0 saturated carbocycles. The van der Waals surface area contributed by atoms with E-state index in [4.69, 9.17) is 0 Å². The van der Waals surface area contributed by atoms with Crippen molar-refractivity contribution in [2.24, 2.45) is 0 Å². The molecular weight excluding hydrogens is 348 g/mol. The normalized spacial score (nSPS) is 12.8. The van der Waals surface area contributed by atoms with Crippen molar-refractivity contribution in [3.05, 3.63) is 65.2 Å². The van der Waals surface area contributed by atoms with Crippen molar-refractivity contribution < 1.29 is 13.2 Å². The molecule has 0 aromatic heterocycles. The van der Waals surface area contributed by atoms with Gasteiger partial charge in [0.25, 0.3) is 0 Å². The molecule has 0 aliphatic carbocycles. The highest BCUT2D eigenvalue weighted by Gasteiger charge is 2.23. The van der Waals surface area contributed by atoms with Crippen LogP contribution in [0.15, 0.2) is 53.4 Å². The third-order valence-electron chi connectivity index (χ3n) is 4.53. The fourth-order valence-corrected chi connectivity index (χ4v) is 3.78. The monoisotopic (exact) mass is 374 g/mol. The van der Waals surface area contributed by atoms with Crippen LogP contribution in [0, 0.1) is 13.8 Å². The molecule has 1 amide bonds. The number of sulfonamides is 1. The van der Waals surface area contributed by atoms with Crippen LogP contribution in [0.3, 0.4) is 0 Å². The van der Waals surface area contributed by atoms with E-state index in [0.29, 0.717) is 6.54 Å². The molecule has 0 spiro atoms. The molecule has 0 bridgehead atoms. The summed E-state index contributed by atoms with van der Waals surface area (Å²) in [5, 5.41) is 2.81. The minimum Gasteiger partial charge on any atom is -0.354 e. The van der Waals surface area contributed by atoms with Crippen molar-refractivity contribution in [1.29, 1.82) is 0 Å². The van der Waals surface area contributed by atoms with Crippen LogP contribution in [-0.2, 0) is 14.8 Å². The molecule has 5 nitrogen and oxygen atoms in total. The molecule has 1 N–H and O–H groups in total. The van der Waals surface area contributed by atoms with E-state index in [0.717, 1.165) is 21.0 Å². The highest BCUT2D eigenvalue weighted by Crippen LogP contribution is 2.18. The Kier molecular flexibility index (Phi) is 6.56. The number of aryl methyl sites for hydroxylation is 2. The van der Waals surface area contributed by atoms with Gasteiger partial charge in [0.05, 0.1) is 11.4 Å². The Morgan fingerprint density at radius 2 is 1.73 bits per heavy atom. The van der Waals surface area contributed by atoms with Crippen molar-refractivity contribution in [3.8, 4) is 0 Å². The number of hydrogen-bond donors (Lipinski definition) is 1. The topological polar surface area (TPSA) is 66.5 Å². The second kappa shape index (κ2) is 8.47. The fraction of sp³-hybridized carbons (Fsp3) is 0.350. The Balaban J connectivity index is 1.96. The molecule has 0 saturated heterocycles. The molecule has 1 unspecified atom stereocenters. The lowest BCUT2D eigenvalue weighted by atomic mass is 10.0. The predicted molar refractivity (Wildman–Crippen MR) is 104 cm³/mol. The first-order valence-electron chi connectivity index (χ1n) is 8.57. The zero-order valence-electron chi connectivity index (χ0n) is 15.7. The minimum atomic E-state index is -3.69. The molecule has 2 aromatic rings. The molecule has 0 radical (unpaired) electrons. The first kappa shape index (κ1) is 20.1. The lowest BCUT2D eigenvalue weighted by Crippen LogP contribution is -2.39. The fourth-order valence-electron chi connectivity index (χ4n) is 2.56. The summed E-state index contributed by atoms with van der Waals surface area (Å²) in [5.41, 5.74) is 3.06. The van der Waals surface area contributed by atoms with Crippen molar-refractivity contribution in [1.82, 2.24) is 9.62 Å². The van der Waals surface area contributed by atoms with Crippen molar-refractivity contribution in [2.45, 2.75) is 31.6 Å². The predicted octanol–water partition coefficient (Wildman–Crippen LogP) is 2.84. The minimum absolute atomic E-state index is 0.154. The third kappa shape index (κ3) is 4.93. The van der Waals surface area contributed by atoms with Gasteiger partial charge in [-0.1, -0.05) is 43.3 Å². The Morgan fingerprint density at radius 3 is 2.35 bits per heavy atom. The molecule has 0 heterocycles. The second-order valence-corrected chi connectivity index (χ2v) is 8.67. The van der Waals surface area contributed by atoms with Gasteiger partial charge in [-0.05, 0) is 48.6 Å². The lowest BCUT2D eigenvalue weighted by Gasteiger charge is -2.19. The van der Waals surface area contributed by atoms with Gasteiger partial charge in [0, 0.05) is 13.6 Å². The van der Waals surface area contributed by atoms with Crippen LogP contribution in [0.25, 0.3) is 0 Å². The zero-order valence-corrected chi connectivity index (χ0v) is 16.5. The highest BCUT2D eigenvalue weighted by atomic mass is 32.2. The average molecular weight is 375 g/mol. The molecular formula is C20H26N2O3S. The number of carbonyl (C=O) groups is 1. The van der Waals surface area contributed by atoms with E-state index in [1.165, 1.54) is 7.05 Å². The van der Waals surface area contributed by atoms with Gasteiger partial charge in [-0.15, -0.1) is 0 Å². The van der Waals surface area contributed by atoms with Crippen LogP contribution in [0.4, 0.5) is 0 Å². The Bertz CT molecular complexity index is 864. The Labute approximate surface area is 156 Å². The summed E-state index contributed by atoms with van der Waals surface area (Å²) in [7, 11) is -2.27. The number of nitrogens with one attached hydrogen (secondary N) is 1. The zero-order chi connectivity index (χ0) is 19.3. The van der Waals surface area contributed by atoms with Crippen LogP contribution >= 0.6 is 0 Å². The highest BCUT2D eigenvalue weighted by molar-refractivity contribution is 7.89. The van der Waals surface area contributed by atoms with Gasteiger partial charge in [-0.25, -0.2) is 8.42 Å². The second-order valence-electron chi connectivity index (χ2n) is 6.62. The van der Waals surface area contributed by atoms with Gasteiger partial charge in [-0.3, -0.25) is 4.79 Å². The maximum atomic E-state index is 12.6. The largest absolute Gasteiger partial charge is 0.354 e. The van der Waals surface area contributed by atoms with Gasteiger partial charge in [0.15, 0.2) is 0 Å². The maximum absolute atomic E-state index is 12.6. The lowest BCUT2D eigenvalue weighted by molar-refractivity contribution is -0.121.